The third-order valence-electron chi connectivity index (χ3n) is 4.70. The summed E-state index contributed by atoms with van der Waals surface area (Å²) in [5.74, 6) is 0. The lowest BCUT2D eigenvalue weighted by Crippen LogP contribution is -2.42. The standard InChI is InChI=1S/C15H24FN3OS/c1-11-15(21-10-17-11)8-19-6-12(16)5-14(19)7-18(2)13-3-4-20-9-13/h10,12-14H,3-9H2,1-2H3/t12-,13?,14-/m0/s1. The first kappa shape index (κ1) is 15.3. The number of rotatable bonds is 5. The average molecular weight is 313 g/mol. The van der Waals surface area contributed by atoms with E-state index in [1.807, 2.05) is 12.4 Å². The molecule has 3 heterocycles. The van der Waals surface area contributed by atoms with E-state index in [0.717, 1.165) is 38.4 Å². The molecule has 118 valence electrons. The molecular formula is C15H24FN3OS. The van der Waals surface area contributed by atoms with E-state index >= 15 is 0 Å². The van der Waals surface area contributed by atoms with Crippen molar-refractivity contribution in [3.8, 4) is 0 Å². The summed E-state index contributed by atoms with van der Waals surface area (Å²) in [7, 11) is 2.14. The van der Waals surface area contributed by atoms with Gasteiger partial charge in [-0.2, -0.15) is 0 Å². The number of halogens is 1. The van der Waals surface area contributed by atoms with Gasteiger partial charge in [0, 0.05) is 43.2 Å². The van der Waals surface area contributed by atoms with Crippen LogP contribution < -0.4 is 0 Å². The van der Waals surface area contributed by atoms with Gasteiger partial charge in [0.15, 0.2) is 0 Å². The highest BCUT2D eigenvalue weighted by molar-refractivity contribution is 7.09. The second-order valence-electron chi connectivity index (χ2n) is 6.23. The summed E-state index contributed by atoms with van der Waals surface area (Å²) < 4.78 is 19.3. The molecule has 1 aromatic heterocycles. The zero-order chi connectivity index (χ0) is 14.8. The summed E-state index contributed by atoms with van der Waals surface area (Å²) in [6.07, 6.45) is 1.04. The van der Waals surface area contributed by atoms with E-state index in [1.54, 1.807) is 11.3 Å². The molecule has 0 aromatic carbocycles. The molecule has 0 aliphatic carbocycles. The number of thiazole rings is 1. The summed E-state index contributed by atoms with van der Waals surface area (Å²) in [6, 6.07) is 0.794. The maximum Gasteiger partial charge on any atom is 0.114 e. The van der Waals surface area contributed by atoms with Crippen LogP contribution in [-0.4, -0.2) is 66.4 Å². The Kier molecular flexibility index (Phi) is 4.88. The van der Waals surface area contributed by atoms with Crippen LogP contribution in [0.1, 0.15) is 23.4 Å². The Morgan fingerprint density at radius 2 is 2.43 bits per heavy atom. The SMILES string of the molecule is Cc1ncsc1CN1C[C@@H](F)C[C@H]1CN(C)C1CCOC1. The van der Waals surface area contributed by atoms with Gasteiger partial charge in [-0.25, -0.2) is 9.37 Å². The van der Waals surface area contributed by atoms with Crippen molar-refractivity contribution >= 4 is 11.3 Å². The van der Waals surface area contributed by atoms with Crippen LogP contribution in [0.25, 0.3) is 0 Å². The van der Waals surface area contributed by atoms with E-state index in [9.17, 15) is 4.39 Å². The predicted molar refractivity (Wildman–Crippen MR) is 82.4 cm³/mol. The fourth-order valence-corrected chi connectivity index (χ4v) is 4.12. The summed E-state index contributed by atoms with van der Waals surface area (Å²) in [4.78, 5) is 10.2. The maximum atomic E-state index is 13.9. The van der Waals surface area contributed by atoms with Gasteiger partial charge in [0.25, 0.3) is 0 Å². The average Bonchev–Trinajstić information content (AvgIpc) is 3.14. The number of ether oxygens (including phenoxy) is 1. The maximum absolute atomic E-state index is 13.9. The Labute approximate surface area is 129 Å². The lowest BCUT2D eigenvalue weighted by Gasteiger charge is -2.30. The topological polar surface area (TPSA) is 28.6 Å². The molecule has 0 bridgehead atoms. The third kappa shape index (κ3) is 3.62. The van der Waals surface area contributed by atoms with Crippen molar-refractivity contribution < 1.29 is 9.13 Å². The van der Waals surface area contributed by atoms with Crippen molar-refractivity contribution in [1.82, 2.24) is 14.8 Å². The molecule has 0 radical (unpaired) electrons. The largest absolute Gasteiger partial charge is 0.380 e. The molecule has 0 N–H and O–H groups in total. The first-order valence-electron chi connectivity index (χ1n) is 7.68. The molecule has 1 unspecified atom stereocenters. The Balaban J connectivity index is 1.60. The van der Waals surface area contributed by atoms with Crippen molar-refractivity contribution in [2.75, 3.05) is 33.4 Å². The van der Waals surface area contributed by atoms with Crippen LogP contribution in [0.3, 0.4) is 0 Å². The minimum absolute atomic E-state index is 0.298. The molecule has 21 heavy (non-hydrogen) atoms. The predicted octanol–water partition coefficient (Wildman–Crippen LogP) is 2.08. The van der Waals surface area contributed by atoms with Gasteiger partial charge in [0.1, 0.15) is 6.17 Å². The molecule has 2 saturated heterocycles. The molecule has 6 heteroatoms. The fraction of sp³-hybridized carbons (Fsp3) is 0.800. The van der Waals surface area contributed by atoms with Crippen molar-refractivity contribution in [3.05, 3.63) is 16.1 Å². The Bertz CT molecular complexity index is 464. The number of aromatic nitrogens is 1. The van der Waals surface area contributed by atoms with Crippen LogP contribution >= 0.6 is 11.3 Å². The molecule has 0 spiro atoms. The van der Waals surface area contributed by atoms with Crippen LogP contribution in [0.2, 0.25) is 0 Å². The number of alkyl halides is 1. The van der Waals surface area contributed by atoms with Gasteiger partial charge in [-0.1, -0.05) is 0 Å². The zero-order valence-electron chi connectivity index (χ0n) is 12.8. The van der Waals surface area contributed by atoms with Crippen molar-refractivity contribution in [1.29, 1.82) is 0 Å². The molecule has 4 nitrogen and oxygen atoms in total. The van der Waals surface area contributed by atoms with E-state index in [1.165, 1.54) is 4.88 Å². The van der Waals surface area contributed by atoms with Crippen LogP contribution in [0, 0.1) is 6.92 Å². The zero-order valence-corrected chi connectivity index (χ0v) is 13.6. The van der Waals surface area contributed by atoms with Gasteiger partial charge in [-0.05, 0) is 26.8 Å². The van der Waals surface area contributed by atoms with E-state index in [-0.39, 0.29) is 0 Å². The minimum Gasteiger partial charge on any atom is -0.380 e. The number of hydrogen-bond acceptors (Lipinski definition) is 5. The van der Waals surface area contributed by atoms with Gasteiger partial charge in [0.05, 0.1) is 17.8 Å². The monoisotopic (exact) mass is 313 g/mol. The van der Waals surface area contributed by atoms with Crippen molar-refractivity contribution in [3.63, 3.8) is 0 Å². The van der Waals surface area contributed by atoms with Gasteiger partial charge in [-0.3, -0.25) is 9.80 Å². The minimum atomic E-state index is -0.698. The molecule has 2 aliphatic rings. The second-order valence-corrected chi connectivity index (χ2v) is 7.17. The Morgan fingerprint density at radius 3 is 3.10 bits per heavy atom. The van der Waals surface area contributed by atoms with Crippen LogP contribution in [-0.2, 0) is 11.3 Å². The van der Waals surface area contributed by atoms with Gasteiger partial charge < -0.3 is 4.74 Å². The highest BCUT2D eigenvalue weighted by atomic mass is 32.1. The number of likely N-dealkylation sites (tertiary alicyclic amines) is 1. The van der Waals surface area contributed by atoms with E-state index in [4.69, 9.17) is 4.74 Å². The van der Waals surface area contributed by atoms with Gasteiger partial charge >= 0.3 is 0 Å². The molecule has 3 atom stereocenters. The van der Waals surface area contributed by atoms with Crippen LogP contribution in [0.5, 0.6) is 0 Å². The molecular weight excluding hydrogens is 289 g/mol. The number of aryl methyl sites for hydroxylation is 1. The second kappa shape index (κ2) is 6.69. The molecule has 0 saturated carbocycles. The Morgan fingerprint density at radius 1 is 1.57 bits per heavy atom. The van der Waals surface area contributed by atoms with E-state index < -0.39 is 6.17 Å². The summed E-state index contributed by atoms with van der Waals surface area (Å²) >= 11 is 1.68. The normalized spacial score (nSPS) is 30.6. The highest BCUT2D eigenvalue weighted by Crippen LogP contribution is 2.26. The molecule has 0 amide bonds. The quantitative estimate of drug-likeness (QED) is 0.832. The third-order valence-corrected chi connectivity index (χ3v) is 5.62. The van der Waals surface area contributed by atoms with Crippen LogP contribution in [0.15, 0.2) is 5.51 Å². The number of likely N-dealkylation sites (N-methyl/N-ethyl adjacent to an activating group) is 1. The lowest BCUT2D eigenvalue weighted by molar-refractivity contribution is 0.130. The first-order valence-corrected chi connectivity index (χ1v) is 8.56. The summed E-state index contributed by atoms with van der Waals surface area (Å²) in [5, 5.41) is 0. The number of nitrogens with zero attached hydrogens (tertiary/aromatic N) is 3. The van der Waals surface area contributed by atoms with E-state index in [0.29, 0.717) is 25.0 Å². The van der Waals surface area contributed by atoms with Crippen molar-refractivity contribution in [2.45, 2.75) is 44.6 Å². The lowest BCUT2D eigenvalue weighted by atomic mass is 10.1. The molecule has 2 fully saturated rings. The van der Waals surface area contributed by atoms with Gasteiger partial charge in [0.2, 0.25) is 0 Å². The summed E-state index contributed by atoms with van der Waals surface area (Å²) in [6.45, 7) is 6.01. The van der Waals surface area contributed by atoms with E-state index in [2.05, 4.69) is 21.8 Å². The van der Waals surface area contributed by atoms with Crippen LogP contribution in [0.4, 0.5) is 4.39 Å². The number of hydrogen-bond donors (Lipinski definition) is 0. The molecule has 3 rings (SSSR count). The first-order chi connectivity index (χ1) is 10.1. The molecule has 2 aliphatic heterocycles. The fourth-order valence-electron chi connectivity index (χ4n) is 3.32. The van der Waals surface area contributed by atoms with Gasteiger partial charge in [-0.15, -0.1) is 11.3 Å². The van der Waals surface area contributed by atoms with Crippen molar-refractivity contribution in [2.24, 2.45) is 0 Å². The smallest absolute Gasteiger partial charge is 0.114 e. The highest BCUT2D eigenvalue weighted by Gasteiger charge is 2.34. The molecule has 1 aromatic rings. The summed E-state index contributed by atoms with van der Waals surface area (Å²) in [5.41, 5.74) is 2.96. The Hall–Kier alpha value is -0.560.